The molecule has 9 rings (SSSR count). The topological polar surface area (TPSA) is 0 Å². The van der Waals surface area contributed by atoms with E-state index in [1.54, 1.807) is 77.1 Å². The summed E-state index contributed by atoms with van der Waals surface area (Å²) in [5.74, 6) is 3.27. The molecule has 0 atom stereocenters. The van der Waals surface area contributed by atoms with Crippen molar-refractivity contribution >= 4 is 3.21 Å². The largest absolute Gasteiger partial charge is 0.179 e. The first-order valence-corrected chi connectivity index (χ1v) is 16.6. The Balaban J connectivity index is 0.000000148. The Labute approximate surface area is 270 Å². The average Bonchev–Trinajstić information content (AvgIpc) is 3.42. The molecule has 212 valence electrons. The number of hydrogen-bond donors (Lipinski definition) is 0. The van der Waals surface area contributed by atoms with Gasteiger partial charge in [-0.25, -0.2) is 6.07 Å². The SMILES string of the molecule is Cc1cc(CC23CC4CC(CC(C4)C2)C3)c(C)[cH-]1.[Cl-].[Cl-].[Zr+2]=[C]1CCCCC1.[c-]1cccc2c1Cc1ccccc1-2. The first-order chi connectivity index (χ1) is 18.5. The second-order valence-corrected chi connectivity index (χ2v) is 15.1. The van der Waals surface area contributed by atoms with Gasteiger partial charge in [0.05, 0.1) is 0 Å². The van der Waals surface area contributed by atoms with Gasteiger partial charge in [0, 0.05) is 0 Å². The van der Waals surface area contributed by atoms with Crippen LogP contribution in [0.2, 0.25) is 0 Å². The van der Waals surface area contributed by atoms with Crippen LogP contribution in [0.1, 0.15) is 98.4 Å². The summed E-state index contributed by atoms with van der Waals surface area (Å²) in [6.07, 6.45) is 19.1. The summed E-state index contributed by atoms with van der Waals surface area (Å²) in [7, 11) is 0. The normalized spacial score (nSPS) is 26.7. The average molecular weight is 651 g/mol. The van der Waals surface area contributed by atoms with E-state index in [0.717, 1.165) is 24.2 Å². The van der Waals surface area contributed by atoms with Gasteiger partial charge in [-0.2, -0.15) is 52.6 Å². The van der Waals surface area contributed by atoms with E-state index in [1.807, 2.05) is 6.07 Å². The van der Waals surface area contributed by atoms with Crippen molar-refractivity contribution in [2.24, 2.45) is 23.2 Å². The molecule has 4 bridgehead atoms. The van der Waals surface area contributed by atoms with Crippen LogP contribution >= 0.6 is 0 Å². The molecule has 6 aliphatic carbocycles. The molecular formula is C37H44Cl2Zr-2. The Morgan fingerprint density at radius 2 is 1.48 bits per heavy atom. The van der Waals surface area contributed by atoms with Crippen LogP contribution in [0.3, 0.4) is 0 Å². The standard InChI is InChI=1S/C18H25.C13H9.C6H10.2ClH.Zr/c1-12-3-13(2)17(4-12)11-18-8-14-5-15(9-18)7-16(6-14)10-18;1-3-7-12-10(5-1)9-11-6-2-4-8-13(11)12;1-2-4-6-5-3-1;;;/h3-4,14-16H,5-11H2,1-2H3;1-5,7-8H,9H2;1-5H2;2*1H;/q2*-1;;;;+2/p-2. The first-order valence-electron chi connectivity index (χ1n) is 15.3. The fraction of sp³-hybridized carbons (Fsp3) is 0.514. The van der Waals surface area contributed by atoms with Crippen molar-refractivity contribution in [1.29, 1.82) is 0 Å². The molecule has 0 aliphatic heterocycles. The molecule has 5 saturated carbocycles. The van der Waals surface area contributed by atoms with E-state index < -0.39 is 0 Å². The predicted molar refractivity (Wildman–Crippen MR) is 157 cm³/mol. The van der Waals surface area contributed by atoms with Crippen LogP contribution in [-0.2, 0) is 37.1 Å². The minimum absolute atomic E-state index is 0. The Morgan fingerprint density at radius 1 is 0.850 bits per heavy atom. The van der Waals surface area contributed by atoms with Crippen LogP contribution in [0.25, 0.3) is 11.1 Å². The number of fused-ring (bicyclic) bond motifs is 3. The molecule has 0 heterocycles. The maximum Gasteiger partial charge on any atom is -0.0253 e. The van der Waals surface area contributed by atoms with Gasteiger partial charge in [-0.05, 0) is 68.1 Å². The monoisotopic (exact) mass is 648 g/mol. The number of aryl methyl sites for hydroxylation is 2. The Kier molecular flexibility index (Phi) is 11.3. The van der Waals surface area contributed by atoms with E-state index >= 15 is 0 Å². The van der Waals surface area contributed by atoms with Crippen LogP contribution in [0, 0.1) is 43.1 Å². The molecule has 3 aromatic rings. The molecule has 0 amide bonds. The van der Waals surface area contributed by atoms with E-state index in [2.05, 4.69) is 68.4 Å². The number of hydrogen-bond acceptors (Lipinski definition) is 0. The summed E-state index contributed by atoms with van der Waals surface area (Å²) >= 11 is 1.69. The molecule has 0 saturated heterocycles. The first kappa shape index (κ1) is 32.0. The molecule has 6 aliphatic rings. The van der Waals surface area contributed by atoms with E-state index in [0.29, 0.717) is 5.41 Å². The van der Waals surface area contributed by atoms with Gasteiger partial charge in [-0.3, -0.25) is 0 Å². The van der Waals surface area contributed by atoms with E-state index in [-0.39, 0.29) is 24.8 Å². The third kappa shape index (κ3) is 7.36. The van der Waals surface area contributed by atoms with Gasteiger partial charge in [0.1, 0.15) is 0 Å². The van der Waals surface area contributed by atoms with Gasteiger partial charge >= 0.3 is 59.5 Å². The Hall–Kier alpha value is -0.877. The smallest absolute Gasteiger partial charge is 0.0253 e. The minimum Gasteiger partial charge on any atom is -0.179 e. The molecule has 0 nitrogen and oxygen atoms in total. The number of halogens is 2. The summed E-state index contributed by atoms with van der Waals surface area (Å²) in [6, 6.07) is 22.9. The van der Waals surface area contributed by atoms with Crippen molar-refractivity contribution < 1.29 is 49.0 Å². The van der Waals surface area contributed by atoms with Gasteiger partial charge in [-0.15, -0.1) is 5.56 Å². The third-order valence-electron chi connectivity index (χ3n) is 10.2. The van der Waals surface area contributed by atoms with Crippen molar-refractivity contribution in [3.05, 3.63) is 88.5 Å². The van der Waals surface area contributed by atoms with Crippen LogP contribution in [0.4, 0.5) is 0 Å². The van der Waals surface area contributed by atoms with E-state index in [4.69, 9.17) is 0 Å². The van der Waals surface area contributed by atoms with Crippen LogP contribution < -0.4 is 24.8 Å². The molecule has 0 radical (unpaired) electrons. The molecular weight excluding hydrogens is 607 g/mol. The van der Waals surface area contributed by atoms with Gasteiger partial charge in [0.25, 0.3) is 0 Å². The zero-order valence-corrected chi connectivity index (χ0v) is 28.3. The van der Waals surface area contributed by atoms with Gasteiger partial charge in [-0.1, -0.05) is 55.7 Å². The van der Waals surface area contributed by atoms with Crippen molar-refractivity contribution in [3.63, 3.8) is 0 Å². The quantitative estimate of drug-likeness (QED) is 0.292. The number of rotatable bonds is 2. The van der Waals surface area contributed by atoms with Crippen molar-refractivity contribution in [1.82, 2.24) is 0 Å². The van der Waals surface area contributed by atoms with Gasteiger partial charge < -0.3 is 24.8 Å². The van der Waals surface area contributed by atoms with Crippen molar-refractivity contribution in [2.45, 2.75) is 97.3 Å². The Morgan fingerprint density at radius 3 is 2.05 bits per heavy atom. The molecule has 0 unspecified atom stereocenters. The van der Waals surface area contributed by atoms with Crippen molar-refractivity contribution in [3.8, 4) is 11.1 Å². The molecule has 0 spiro atoms. The third-order valence-corrected chi connectivity index (χ3v) is 11.4. The summed E-state index contributed by atoms with van der Waals surface area (Å²) in [4.78, 5) is 0. The zero-order chi connectivity index (χ0) is 26.1. The maximum atomic E-state index is 3.30. The maximum absolute atomic E-state index is 3.30. The predicted octanol–water partition coefficient (Wildman–Crippen LogP) is 3.52. The summed E-state index contributed by atoms with van der Waals surface area (Å²) in [5, 5.41) is 0. The molecule has 3 aromatic carbocycles. The fourth-order valence-corrected chi connectivity index (χ4v) is 9.81. The van der Waals surface area contributed by atoms with Gasteiger partial charge in [0.15, 0.2) is 0 Å². The van der Waals surface area contributed by atoms with Crippen LogP contribution in [-0.4, -0.2) is 3.21 Å². The van der Waals surface area contributed by atoms with Gasteiger partial charge in [0.2, 0.25) is 0 Å². The van der Waals surface area contributed by atoms with Crippen LogP contribution in [0.15, 0.2) is 54.6 Å². The molecule has 5 fully saturated rings. The summed E-state index contributed by atoms with van der Waals surface area (Å²) < 4.78 is 1.80. The van der Waals surface area contributed by atoms with Crippen LogP contribution in [0.5, 0.6) is 0 Å². The van der Waals surface area contributed by atoms with E-state index in [9.17, 15) is 0 Å². The fourth-order valence-electron chi connectivity index (χ4n) is 8.94. The van der Waals surface area contributed by atoms with E-state index in [1.165, 1.54) is 66.3 Å². The molecule has 3 heteroatoms. The molecule has 0 aromatic heterocycles. The zero-order valence-electron chi connectivity index (χ0n) is 24.4. The summed E-state index contributed by atoms with van der Waals surface area (Å²) in [5.41, 5.74) is 10.9. The second kappa shape index (κ2) is 14.1. The number of benzene rings is 2. The summed E-state index contributed by atoms with van der Waals surface area (Å²) in [6.45, 7) is 4.55. The Bertz CT molecular complexity index is 1200. The second-order valence-electron chi connectivity index (χ2n) is 13.4. The minimum atomic E-state index is 0. The molecule has 0 N–H and O–H groups in total. The molecule has 40 heavy (non-hydrogen) atoms. The van der Waals surface area contributed by atoms with Crippen molar-refractivity contribution in [2.75, 3.05) is 0 Å².